The molecule has 0 atom stereocenters. The number of benzene rings is 4. The number of anilines is 5. The van der Waals surface area contributed by atoms with Crippen molar-refractivity contribution in [2.24, 2.45) is 0 Å². The monoisotopic (exact) mass is 734 g/mol. The molecule has 0 aliphatic carbocycles. The summed E-state index contributed by atoms with van der Waals surface area (Å²) in [4.78, 5) is 12.5. The van der Waals surface area contributed by atoms with Crippen molar-refractivity contribution < 1.29 is 38.3 Å². The standard InChI is InChI=1S/C39H31F3N4O.Pd/c1-24-12-14-33(26(3)18-24)46(34-15-13-25(2)19-27(34)4)29-20-28(45(5)36-11-7-9-17-44-36)21-30(22-29)47-35-23-31(32-10-6-8-16-43-32)37(40)39(42)38(35)41;/h6-20,22H,1-5H3;/q-2;+2. The summed E-state index contributed by atoms with van der Waals surface area (Å²) in [6.07, 6.45) is 3.10. The molecule has 0 fully saturated rings. The third kappa shape index (κ3) is 6.98. The molecule has 6 rings (SSSR count). The van der Waals surface area contributed by atoms with Crippen LogP contribution in [-0.2, 0) is 20.4 Å². The Labute approximate surface area is 292 Å². The Bertz CT molecular complexity index is 2030. The Hall–Kier alpha value is -4.97. The van der Waals surface area contributed by atoms with Gasteiger partial charge in [0.2, 0.25) is 0 Å². The average molecular weight is 735 g/mol. The molecule has 0 aliphatic rings. The normalized spacial score (nSPS) is 10.8. The number of ether oxygens (including phenoxy) is 1. The second kappa shape index (κ2) is 14.4. The summed E-state index contributed by atoms with van der Waals surface area (Å²) in [7, 11) is 1.82. The number of hydrogen-bond acceptors (Lipinski definition) is 5. The van der Waals surface area contributed by atoms with Crippen molar-refractivity contribution in [2.75, 3.05) is 16.8 Å². The van der Waals surface area contributed by atoms with Crippen LogP contribution in [-0.4, -0.2) is 17.0 Å². The van der Waals surface area contributed by atoms with E-state index in [-0.39, 0.29) is 37.4 Å². The van der Waals surface area contributed by atoms with Gasteiger partial charge in [0.15, 0.2) is 0 Å². The van der Waals surface area contributed by atoms with Crippen LogP contribution < -0.4 is 14.5 Å². The fourth-order valence-electron chi connectivity index (χ4n) is 5.47. The van der Waals surface area contributed by atoms with Crippen LogP contribution in [0.3, 0.4) is 0 Å². The summed E-state index contributed by atoms with van der Waals surface area (Å²) in [5.41, 5.74) is 7.02. The van der Waals surface area contributed by atoms with Gasteiger partial charge in [-0.05, 0) is 74.8 Å². The van der Waals surface area contributed by atoms with Crippen molar-refractivity contribution in [2.45, 2.75) is 27.7 Å². The van der Waals surface area contributed by atoms with Crippen LogP contribution in [0, 0.1) is 57.3 Å². The summed E-state index contributed by atoms with van der Waals surface area (Å²) in [6.45, 7) is 8.15. The maximum atomic E-state index is 15.3. The fraction of sp³-hybridized carbons (Fsp3) is 0.128. The van der Waals surface area contributed by atoms with E-state index < -0.39 is 23.2 Å². The van der Waals surface area contributed by atoms with Crippen molar-refractivity contribution >= 4 is 28.6 Å². The Morgan fingerprint density at radius 2 is 1.29 bits per heavy atom. The molecule has 0 saturated heterocycles. The van der Waals surface area contributed by atoms with Gasteiger partial charge >= 0.3 is 20.4 Å². The van der Waals surface area contributed by atoms with E-state index in [2.05, 4.69) is 39.1 Å². The van der Waals surface area contributed by atoms with Crippen molar-refractivity contribution in [3.8, 4) is 22.8 Å². The molecule has 0 unspecified atom stereocenters. The van der Waals surface area contributed by atoms with Crippen LogP contribution in [0.15, 0.2) is 97.3 Å². The number of aromatic nitrogens is 2. The zero-order valence-electron chi connectivity index (χ0n) is 26.9. The number of halogens is 3. The molecule has 2 heterocycles. The minimum Gasteiger partial charge on any atom is -0.500 e. The largest absolute Gasteiger partial charge is 2.00 e. The molecule has 5 nitrogen and oxygen atoms in total. The second-order valence-corrected chi connectivity index (χ2v) is 11.3. The molecule has 0 spiro atoms. The van der Waals surface area contributed by atoms with Crippen molar-refractivity contribution in [3.05, 3.63) is 149 Å². The molecule has 0 N–H and O–H groups in total. The quantitative estimate of drug-likeness (QED) is 0.0885. The van der Waals surface area contributed by atoms with Crippen LogP contribution in [0.2, 0.25) is 0 Å². The predicted octanol–water partition coefficient (Wildman–Crippen LogP) is 10.4. The Kier molecular flexibility index (Phi) is 10.3. The average Bonchev–Trinajstić information content (AvgIpc) is 3.07. The van der Waals surface area contributed by atoms with E-state index in [1.807, 2.05) is 88.2 Å². The number of nitrogens with zero attached hydrogens (tertiary/aromatic N) is 4. The van der Waals surface area contributed by atoms with Gasteiger partial charge in [0, 0.05) is 36.6 Å². The molecule has 6 aromatic rings. The molecule has 0 radical (unpaired) electrons. The minimum absolute atomic E-state index is 0. The van der Waals surface area contributed by atoms with Crippen LogP contribution in [0.5, 0.6) is 11.5 Å². The van der Waals surface area contributed by atoms with Gasteiger partial charge in [-0.15, -0.1) is 18.2 Å². The zero-order chi connectivity index (χ0) is 33.2. The van der Waals surface area contributed by atoms with E-state index >= 15 is 4.39 Å². The third-order valence-corrected chi connectivity index (χ3v) is 7.79. The smallest absolute Gasteiger partial charge is 0.500 e. The minimum atomic E-state index is -1.69. The summed E-state index contributed by atoms with van der Waals surface area (Å²) in [5.74, 6) is -4.56. The van der Waals surface area contributed by atoms with Gasteiger partial charge in [0.05, 0.1) is 11.6 Å². The van der Waals surface area contributed by atoms with Gasteiger partial charge in [-0.2, -0.15) is 0 Å². The number of aryl methyl sites for hydroxylation is 4. The van der Waals surface area contributed by atoms with Crippen molar-refractivity contribution in [3.63, 3.8) is 0 Å². The molecule has 2 aromatic heterocycles. The number of pyridine rings is 2. The van der Waals surface area contributed by atoms with Gasteiger partial charge in [0.1, 0.15) is 17.5 Å². The van der Waals surface area contributed by atoms with E-state index in [1.165, 1.54) is 12.3 Å². The van der Waals surface area contributed by atoms with Crippen LogP contribution >= 0.6 is 0 Å². The van der Waals surface area contributed by atoms with E-state index in [1.54, 1.807) is 24.4 Å². The molecule has 0 bridgehead atoms. The summed E-state index contributed by atoms with van der Waals surface area (Å²) >= 11 is 0. The zero-order valence-corrected chi connectivity index (χ0v) is 28.4. The fourth-order valence-corrected chi connectivity index (χ4v) is 5.47. The maximum Gasteiger partial charge on any atom is 2.00 e. The van der Waals surface area contributed by atoms with E-state index in [9.17, 15) is 8.78 Å². The first kappa shape index (κ1) is 34.4. The second-order valence-electron chi connectivity index (χ2n) is 11.3. The number of rotatable bonds is 8. The molecule has 4 aromatic carbocycles. The Morgan fingerprint density at radius 1 is 0.667 bits per heavy atom. The summed E-state index contributed by atoms with van der Waals surface area (Å²) < 4.78 is 51.2. The molecule has 0 amide bonds. The summed E-state index contributed by atoms with van der Waals surface area (Å²) in [6, 6.07) is 32.0. The molecule has 48 heavy (non-hydrogen) atoms. The molecular weight excluding hydrogens is 704 g/mol. The van der Waals surface area contributed by atoms with E-state index in [0.29, 0.717) is 17.2 Å². The van der Waals surface area contributed by atoms with Gasteiger partial charge in [-0.1, -0.05) is 76.6 Å². The van der Waals surface area contributed by atoms with Crippen LogP contribution in [0.4, 0.5) is 41.7 Å². The Balaban J connectivity index is 0.00000451. The summed E-state index contributed by atoms with van der Waals surface area (Å²) in [5, 5.41) is 0. The molecule has 244 valence electrons. The molecule has 0 aliphatic heterocycles. The topological polar surface area (TPSA) is 41.5 Å². The van der Waals surface area contributed by atoms with Gasteiger partial charge in [-0.25, -0.2) is 9.37 Å². The Morgan fingerprint density at radius 3 is 1.85 bits per heavy atom. The predicted molar refractivity (Wildman–Crippen MR) is 180 cm³/mol. The van der Waals surface area contributed by atoms with E-state index in [4.69, 9.17) is 4.74 Å². The first-order valence-corrected chi connectivity index (χ1v) is 15.0. The molecule has 9 heteroatoms. The van der Waals surface area contributed by atoms with Crippen LogP contribution in [0.25, 0.3) is 11.3 Å². The van der Waals surface area contributed by atoms with Crippen molar-refractivity contribution in [1.82, 2.24) is 9.97 Å². The van der Waals surface area contributed by atoms with Crippen LogP contribution in [0.1, 0.15) is 22.3 Å². The van der Waals surface area contributed by atoms with E-state index in [0.717, 1.165) is 33.6 Å². The first-order chi connectivity index (χ1) is 22.6. The number of hydrogen-bond donors (Lipinski definition) is 0. The third-order valence-electron chi connectivity index (χ3n) is 7.79. The molecular formula is C39H31F3N4OPd. The van der Waals surface area contributed by atoms with Gasteiger partial charge in [0.25, 0.3) is 0 Å². The SMILES string of the molecule is Cc1ccc(N(c2cc(Oc3[c-]c(-c4ccccn4)c(F)c(F)c3F)[c-]c(N(C)c3ccccn3)c2)c2ccc(C)cc2C)c(C)c1.[Pd+2]. The molecule has 0 saturated carbocycles. The van der Waals surface area contributed by atoms with Gasteiger partial charge < -0.3 is 19.5 Å². The van der Waals surface area contributed by atoms with Gasteiger partial charge in [-0.3, -0.25) is 8.78 Å². The van der Waals surface area contributed by atoms with Crippen molar-refractivity contribution in [1.29, 1.82) is 0 Å². The first-order valence-electron chi connectivity index (χ1n) is 15.0. The maximum absolute atomic E-state index is 15.3.